The second kappa shape index (κ2) is 3.80. The summed E-state index contributed by atoms with van der Waals surface area (Å²) >= 11 is 0. The quantitative estimate of drug-likeness (QED) is 0.552. The highest BCUT2D eigenvalue weighted by Gasteiger charge is 2.34. The van der Waals surface area contributed by atoms with Crippen LogP contribution in [0.2, 0.25) is 0 Å². The Morgan fingerprint density at radius 2 is 2.18 bits per heavy atom. The minimum absolute atomic E-state index is 0.190. The Morgan fingerprint density at radius 1 is 1.45 bits per heavy atom. The van der Waals surface area contributed by atoms with Crippen LogP contribution in [-0.2, 0) is 19.0 Å². The van der Waals surface area contributed by atoms with Crippen LogP contribution in [0.1, 0.15) is 6.42 Å². The van der Waals surface area contributed by atoms with E-state index in [-0.39, 0.29) is 12.2 Å². The summed E-state index contributed by atoms with van der Waals surface area (Å²) in [5.74, 6) is -0.190. The van der Waals surface area contributed by atoms with Crippen LogP contribution < -0.4 is 0 Å². The number of ether oxygens (including phenoxy) is 3. The lowest BCUT2D eigenvalue weighted by atomic mass is 10.1. The van der Waals surface area contributed by atoms with Gasteiger partial charge >= 0.3 is 0 Å². The summed E-state index contributed by atoms with van der Waals surface area (Å²) in [4.78, 5) is 10.4. The van der Waals surface area contributed by atoms with Crippen LogP contribution in [-0.4, -0.2) is 33.1 Å². The van der Waals surface area contributed by atoms with E-state index in [2.05, 4.69) is 0 Å². The fourth-order valence-corrected chi connectivity index (χ4v) is 1.14. The number of hydrogen-bond donors (Lipinski definition) is 0. The predicted octanol–water partition coefficient (Wildman–Crippen LogP) is 0.167. The third-order valence-corrected chi connectivity index (χ3v) is 1.77. The van der Waals surface area contributed by atoms with Crippen LogP contribution in [0, 0.1) is 5.92 Å². The van der Waals surface area contributed by atoms with E-state index in [1.165, 1.54) is 7.11 Å². The molecule has 0 aliphatic carbocycles. The Hall–Kier alpha value is -0.450. The summed E-state index contributed by atoms with van der Waals surface area (Å²) in [5, 5.41) is 0. The summed E-state index contributed by atoms with van der Waals surface area (Å²) in [6.07, 6.45) is 0.693. The first-order chi connectivity index (χ1) is 5.31. The maximum atomic E-state index is 10.4. The van der Waals surface area contributed by atoms with Crippen molar-refractivity contribution in [1.82, 2.24) is 0 Å². The largest absolute Gasteiger partial charge is 0.356 e. The zero-order chi connectivity index (χ0) is 8.27. The molecule has 0 bridgehead atoms. The molecule has 1 aliphatic rings. The molecule has 64 valence electrons. The Labute approximate surface area is 65.4 Å². The first-order valence-corrected chi connectivity index (χ1v) is 3.48. The summed E-state index contributed by atoms with van der Waals surface area (Å²) in [6.45, 7) is 0. The van der Waals surface area contributed by atoms with Crippen LogP contribution in [0.15, 0.2) is 0 Å². The van der Waals surface area contributed by atoms with Crippen molar-refractivity contribution in [3.63, 3.8) is 0 Å². The third kappa shape index (κ3) is 1.77. The fraction of sp³-hybridized carbons (Fsp3) is 0.857. The smallest absolute Gasteiger partial charge is 0.169 e. The van der Waals surface area contributed by atoms with Gasteiger partial charge in [0.15, 0.2) is 12.6 Å². The van der Waals surface area contributed by atoms with Crippen molar-refractivity contribution in [3.8, 4) is 0 Å². The van der Waals surface area contributed by atoms with Crippen molar-refractivity contribution in [2.24, 2.45) is 5.92 Å². The highest BCUT2D eigenvalue weighted by Crippen LogP contribution is 2.25. The lowest BCUT2D eigenvalue weighted by Gasteiger charge is -2.11. The number of hydrogen-bond acceptors (Lipinski definition) is 4. The van der Waals surface area contributed by atoms with Gasteiger partial charge in [0.05, 0.1) is 5.92 Å². The average molecular weight is 160 g/mol. The minimum atomic E-state index is -0.433. The normalized spacial score (nSPS) is 37.5. The van der Waals surface area contributed by atoms with E-state index in [4.69, 9.17) is 14.2 Å². The van der Waals surface area contributed by atoms with Crippen LogP contribution in [0.4, 0.5) is 0 Å². The number of carbonyl (C=O) groups excluding carboxylic acids is 1. The predicted molar refractivity (Wildman–Crippen MR) is 36.9 cm³/mol. The first-order valence-electron chi connectivity index (χ1n) is 3.48. The van der Waals surface area contributed by atoms with Crippen molar-refractivity contribution in [2.45, 2.75) is 19.0 Å². The molecule has 0 radical (unpaired) electrons. The van der Waals surface area contributed by atoms with Crippen molar-refractivity contribution in [2.75, 3.05) is 14.2 Å². The highest BCUT2D eigenvalue weighted by molar-refractivity contribution is 5.54. The van der Waals surface area contributed by atoms with Gasteiger partial charge in [0.1, 0.15) is 6.29 Å². The van der Waals surface area contributed by atoms with Gasteiger partial charge in [-0.05, 0) is 0 Å². The molecule has 0 aromatic carbocycles. The Balaban J connectivity index is 2.47. The maximum absolute atomic E-state index is 10.4. The molecule has 0 spiro atoms. The monoisotopic (exact) mass is 160 g/mol. The lowest BCUT2D eigenvalue weighted by Crippen LogP contribution is -2.19. The van der Waals surface area contributed by atoms with Crippen molar-refractivity contribution >= 4 is 6.29 Å². The molecule has 3 atom stereocenters. The fourth-order valence-electron chi connectivity index (χ4n) is 1.14. The van der Waals surface area contributed by atoms with E-state index in [0.717, 1.165) is 6.29 Å². The zero-order valence-corrected chi connectivity index (χ0v) is 6.65. The van der Waals surface area contributed by atoms with Crippen LogP contribution in [0.3, 0.4) is 0 Å². The van der Waals surface area contributed by atoms with E-state index in [1.807, 2.05) is 0 Å². The molecule has 1 rings (SSSR count). The van der Waals surface area contributed by atoms with Gasteiger partial charge in [-0.3, -0.25) is 0 Å². The van der Waals surface area contributed by atoms with E-state index in [1.54, 1.807) is 7.11 Å². The average Bonchev–Trinajstić information content (AvgIpc) is 2.46. The molecular weight excluding hydrogens is 148 g/mol. The van der Waals surface area contributed by atoms with E-state index in [0.29, 0.717) is 6.42 Å². The molecule has 0 unspecified atom stereocenters. The van der Waals surface area contributed by atoms with Crippen molar-refractivity contribution in [3.05, 3.63) is 0 Å². The van der Waals surface area contributed by atoms with E-state index < -0.39 is 6.29 Å². The molecule has 1 saturated heterocycles. The number of methoxy groups -OCH3 is 2. The molecule has 0 saturated carbocycles. The number of aldehydes is 1. The molecule has 1 aliphatic heterocycles. The van der Waals surface area contributed by atoms with E-state index >= 15 is 0 Å². The summed E-state index contributed by atoms with van der Waals surface area (Å²) in [5.41, 5.74) is 0. The molecule has 11 heavy (non-hydrogen) atoms. The van der Waals surface area contributed by atoms with Gasteiger partial charge in [-0.2, -0.15) is 0 Å². The summed E-state index contributed by atoms with van der Waals surface area (Å²) in [7, 11) is 3.06. The maximum Gasteiger partial charge on any atom is 0.169 e. The first kappa shape index (κ1) is 8.64. The van der Waals surface area contributed by atoms with Gasteiger partial charge in [0, 0.05) is 20.6 Å². The lowest BCUT2D eigenvalue weighted by molar-refractivity contribution is -0.192. The zero-order valence-electron chi connectivity index (χ0n) is 6.65. The molecule has 0 aromatic rings. The van der Waals surface area contributed by atoms with Gasteiger partial charge in [-0.25, -0.2) is 0 Å². The molecule has 1 heterocycles. The SMILES string of the molecule is CO[C@@H]1C[C@H](C=O)[C@H](OC)O1. The topological polar surface area (TPSA) is 44.8 Å². The van der Waals surface area contributed by atoms with E-state index in [9.17, 15) is 4.79 Å². The van der Waals surface area contributed by atoms with Crippen LogP contribution >= 0.6 is 0 Å². The van der Waals surface area contributed by atoms with Gasteiger partial charge < -0.3 is 19.0 Å². The Morgan fingerprint density at radius 3 is 2.55 bits per heavy atom. The van der Waals surface area contributed by atoms with Gasteiger partial charge in [0.2, 0.25) is 0 Å². The van der Waals surface area contributed by atoms with Crippen LogP contribution in [0.25, 0.3) is 0 Å². The van der Waals surface area contributed by atoms with Gasteiger partial charge in [-0.15, -0.1) is 0 Å². The Kier molecular flexibility index (Phi) is 2.99. The van der Waals surface area contributed by atoms with Gasteiger partial charge in [-0.1, -0.05) is 0 Å². The molecule has 1 fully saturated rings. The van der Waals surface area contributed by atoms with Gasteiger partial charge in [0.25, 0.3) is 0 Å². The highest BCUT2D eigenvalue weighted by atomic mass is 16.8. The second-order valence-electron chi connectivity index (χ2n) is 2.44. The number of carbonyl (C=O) groups is 1. The number of rotatable bonds is 3. The minimum Gasteiger partial charge on any atom is -0.356 e. The Bertz CT molecular complexity index is 136. The second-order valence-corrected chi connectivity index (χ2v) is 2.44. The molecular formula is C7H12O4. The van der Waals surface area contributed by atoms with Crippen LogP contribution in [0.5, 0.6) is 0 Å². The standard InChI is InChI=1S/C7H12O4/c1-9-6-3-5(4-8)7(10-2)11-6/h4-7H,3H2,1-2H3/t5-,6+,7-/m1/s1. The summed E-state index contributed by atoms with van der Waals surface area (Å²) < 4.78 is 15.0. The molecule has 0 amide bonds. The molecule has 4 nitrogen and oxygen atoms in total. The molecule has 0 N–H and O–H groups in total. The molecule has 4 heteroatoms. The molecule has 0 aromatic heterocycles. The van der Waals surface area contributed by atoms with Crippen molar-refractivity contribution < 1.29 is 19.0 Å². The van der Waals surface area contributed by atoms with Crippen molar-refractivity contribution in [1.29, 1.82) is 0 Å². The summed E-state index contributed by atoms with van der Waals surface area (Å²) in [6, 6.07) is 0. The third-order valence-electron chi connectivity index (χ3n) is 1.77.